The van der Waals surface area contributed by atoms with Crippen molar-refractivity contribution in [2.24, 2.45) is 0 Å². The lowest BCUT2D eigenvalue weighted by Crippen LogP contribution is -2.39. The van der Waals surface area contributed by atoms with E-state index < -0.39 is 17.5 Å². The summed E-state index contributed by atoms with van der Waals surface area (Å²) < 4.78 is 32.4. The van der Waals surface area contributed by atoms with Gasteiger partial charge in [0.2, 0.25) is 0 Å². The Morgan fingerprint density at radius 2 is 2.16 bits per heavy atom. The number of nitrogen functional groups attached to an aromatic ring is 1. The topological polar surface area (TPSA) is 105 Å². The van der Waals surface area contributed by atoms with E-state index in [0.717, 1.165) is 37.6 Å². The van der Waals surface area contributed by atoms with Gasteiger partial charge < -0.3 is 14.9 Å². The first-order valence-corrected chi connectivity index (χ1v) is 13.5. The lowest BCUT2D eigenvalue weighted by Gasteiger charge is -2.23. The van der Waals surface area contributed by atoms with E-state index in [-0.39, 0.29) is 4.75 Å². The number of rotatable bonds is 7. The molecule has 0 aliphatic heterocycles. The van der Waals surface area contributed by atoms with Crippen LogP contribution in [0.5, 0.6) is 0 Å². The Balaban J connectivity index is 1.59. The van der Waals surface area contributed by atoms with E-state index in [1.165, 1.54) is 18.1 Å². The number of nitrogens with zero attached hydrogens (tertiary/aromatic N) is 4. The highest BCUT2D eigenvalue weighted by Crippen LogP contribution is 2.41. The third kappa shape index (κ3) is 5.01. The number of aromatic nitrogens is 4. The average Bonchev–Trinajstić information content (AvgIpc) is 3.26. The fourth-order valence-corrected chi connectivity index (χ4v) is 6.15. The van der Waals surface area contributed by atoms with Gasteiger partial charge >= 0.3 is 0 Å². The number of fused-ring (bicyclic) bond motifs is 2. The number of benzene rings is 1. The number of hydrogen-bond donors (Lipinski definition) is 2. The van der Waals surface area contributed by atoms with Crippen molar-refractivity contribution in [3.05, 3.63) is 33.2 Å². The fraction of sp³-hybridized carbons (Fsp3) is 0.476. The molecule has 0 bridgehead atoms. The molecule has 0 amide bonds. The van der Waals surface area contributed by atoms with Crippen molar-refractivity contribution in [1.29, 1.82) is 0 Å². The largest absolute Gasteiger partial charge is 0.598 e. The second-order valence-corrected chi connectivity index (χ2v) is 12.9. The molecule has 1 aliphatic rings. The van der Waals surface area contributed by atoms with Gasteiger partial charge in [0.1, 0.15) is 17.2 Å². The molecule has 2 aromatic heterocycles. The molecule has 2 atom stereocenters. The molecule has 2 unspecified atom stereocenters. The Labute approximate surface area is 208 Å². The highest BCUT2D eigenvalue weighted by molar-refractivity contribution is 14.1. The van der Waals surface area contributed by atoms with E-state index in [1.807, 2.05) is 31.4 Å². The Kier molecular flexibility index (Phi) is 7.20. The summed E-state index contributed by atoms with van der Waals surface area (Å²) in [4.78, 5) is 14.1. The summed E-state index contributed by atoms with van der Waals surface area (Å²) in [7, 11) is 0. The molecular weight excluding hydrogens is 562 g/mol. The van der Waals surface area contributed by atoms with Crippen LogP contribution in [0.15, 0.2) is 28.5 Å². The number of halogens is 2. The minimum Gasteiger partial charge on any atom is -0.598 e. The molecule has 11 heteroatoms. The maximum Gasteiger partial charge on any atom is 0.175 e. The normalized spacial score (nSPS) is 17.1. The molecule has 1 aliphatic carbocycles. The van der Waals surface area contributed by atoms with Gasteiger partial charge in [-0.25, -0.2) is 19.3 Å². The van der Waals surface area contributed by atoms with Gasteiger partial charge in [-0.2, -0.15) is 0 Å². The van der Waals surface area contributed by atoms with Crippen LogP contribution in [0.2, 0.25) is 0 Å². The van der Waals surface area contributed by atoms with Gasteiger partial charge in [0, 0.05) is 32.9 Å². The molecule has 3 aromatic rings. The quantitative estimate of drug-likeness (QED) is 0.237. The van der Waals surface area contributed by atoms with Crippen molar-refractivity contribution in [3.63, 3.8) is 0 Å². The first-order valence-electron chi connectivity index (χ1n) is 10.4. The fourth-order valence-electron chi connectivity index (χ4n) is 3.56. The highest BCUT2D eigenvalue weighted by Gasteiger charge is 2.26. The van der Waals surface area contributed by atoms with Gasteiger partial charge in [-0.05, 0) is 85.9 Å². The number of hydrogen-bond acceptors (Lipinski definition) is 7. The zero-order valence-corrected chi connectivity index (χ0v) is 22.0. The van der Waals surface area contributed by atoms with Crippen molar-refractivity contribution < 1.29 is 8.94 Å². The maximum absolute atomic E-state index is 14.3. The van der Waals surface area contributed by atoms with E-state index in [4.69, 9.17) is 10.7 Å². The van der Waals surface area contributed by atoms with Crippen molar-refractivity contribution in [3.8, 4) is 0 Å². The molecule has 172 valence electrons. The Hall–Kier alpha value is -1.15. The van der Waals surface area contributed by atoms with E-state index in [9.17, 15) is 8.94 Å². The number of aryl methyl sites for hydroxylation is 2. The van der Waals surface area contributed by atoms with Gasteiger partial charge in [-0.3, -0.25) is 0 Å². The van der Waals surface area contributed by atoms with E-state index in [2.05, 4.69) is 43.3 Å². The second-order valence-electron chi connectivity index (χ2n) is 8.70. The predicted octanol–water partition coefficient (Wildman–Crippen LogP) is 4.56. The monoisotopic (exact) mass is 588 g/mol. The Morgan fingerprint density at radius 1 is 1.38 bits per heavy atom. The SMILES string of the molecule is CC(C)(C)[S+]([O-])NCCCn1c(Sc2cc3c(cc2I)CCC3F)nc2c(N)ncnc21. The number of nitrogens with one attached hydrogen (secondary N) is 1. The van der Waals surface area contributed by atoms with E-state index in [0.29, 0.717) is 36.5 Å². The van der Waals surface area contributed by atoms with E-state index >= 15 is 0 Å². The van der Waals surface area contributed by atoms with Gasteiger partial charge in [0.05, 0.1) is 0 Å². The van der Waals surface area contributed by atoms with Crippen LogP contribution in [0.3, 0.4) is 0 Å². The lowest BCUT2D eigenvalue weighted by atomic mass is 10.1. The van der Waals surface area contributed by atoms with Crippen LogP contribution >= 0.6 is 34.4 Å². The summed E-state index contributed by atoms with van der Waals surface area (Å²) in [6.07, 6.45) is 2.59. The Morgan fingerprint density at radius 3 is 2.91 bits per heavy atom. The van der Waals surface area contributed by atoms with Crippen molar-refractivity contribution >= 4 is 62.7 Å². The number of imidazole rings is 1. The summed E-state index contributed by atoms with van der Waals surface area (Å²) in [6, 6.07) is 4.02. The molecular formula is C21H26FIN6OS2. The van der Waals surface area contributed by atoms with Crippen LogP contribution < -0.4 is 10.5 Å². The Bertz CT molecular complexity index is 1140. The van der Waals surface area contributed by atoms with Crippen LogP contribution in [0, 0.1) is 3.57 Å². The smallest absolute Gasteiger partial charge is 0.175 e. The van der Waals surface area contributed by atoms with Crippen molar-refractivity contribution in [2.75, 3.05) is 12.3 Å². The third-order valence-electron chi connectivity index (χ3n) is 5.27. The molecule has 3 N–H and O–H groups in total. The molecule has 32 heavy (non-hydrogen) atoms. The minimum absolute atomic E-state index is 0.317. The number of nitrogens with two attached hydrogens (primary N) is 1. The van der Waals surface area contributed by atoms with Crippen LogP contribution in [0.4, 0.5) is 10.2 Å². The molecule has 0 spiro atoms. The first kappa shape index (κ1) is 24.0. The maximum atomic E-state index is 14.3. The number of anilines is 1. The molecule has 1 aromatic carbocycles. The molecule has 0 saturated carbocycles. The second kappa shape index (κ2) is 9.61. The van der Waals surface area contributed by atoms with E-state index in [1.54, 1.807) is 0 Å². The van der Waals surface area contributed by atoms with Gasteiger partial charge in [0.25, 0.3) is 0 Å². The highest BCUT2D eigenvalue weighted by atomic mass is 127. The third-order valence-corrected chi connectivity index (χ3v) is 9.16. The summed E-state index contributed by atoms with van der Waals surface area (Å²) in [5.41, 5.74) is 9.15. The summed E-state index contributed by atoms with van der Waals surface area (Å²) in [5.74, 6) is 0.329. The van der Waals surface area contributed by atoms with Crippen LogP contribution in [-0.2, 0) is 24.3 Å². The average molecular weight is 589 g/mol. The first-order chi connectivity index (χ1) is 15.1. The van der Waals surface area contributed by atoms with Crippen LogP contribution in [0.25, 0.3) is 11.2 Å². The zero-order valence-electron chi connectivity index (χ0n) is 18.2. The predicted molar refractivity (Wildman–Crippen MR) is 136 cm³/mol. The van der Waals surface area contributed by atoms with Crippen molar-refractivity contribution in [2.45, 2.75) is 67.5 Å². The molecule has 7 nitrogen and oxygen atoms in total. The lowest BCUT2D eigenvalue weighted by molar-refractivity contribution is 0.343. The zero-order chi connectivity index (χ0) is 23.0. The number of alkyl halides is 1. The van der Waals surface area contributed by atoms with Gasteiger partial charge in [0.15, 0.2) is 22.1 Å². The summed E-state index contributed by atoms with van der Waals surface area (Å²) in [5, 5.41) is 0.732. The molecule has 0 saturated heterocycles. The molecule has 0 fully saturated rings. The van der Waals surface area contributed by atoms with Crippen LogP contribution in [-0.4, -0.2) is 35.4 Å². The standard InChI is InChI=1S/C21H26FIN6OS2/c1-21(2,3)32(30)27-7-4-8-29-19-17(18(24)25-11-26-19)28-20(29)31-16-10-13-12(9-15(16)23)5-6-14(13)22/h9-11,14,27H,4-8H2,1-3H3,(H2,24,25,26). The van der Waals surface area contributed by atoms with Crippen molar-refractivity contribution in [1.82, 2.24) is 24.2 Å². The molecule has 2 heterocycles. The molecule has 0 radical (unpaired) electrons. The van der Waals surface area contributed by atoms with Crippen LogP contribution in [0.1, 0.15) is 50.9 Å². The van der Waals surface area contributed by atoms with Gasteiger partial charge in [-0.15, -0.1) is 4.72 Å². The summed E-state index contributed by atoms with van der Waals surface area (Å²) in [6.45, 7) is 7.03. The molecule has 4 rings (SSSR count). The summed E-state index contributed by atoms with van der Waals surface area (Å²) >= 11 is 2.66. The van der Waals surface area contributed by atoms with Gasteiger partial charge in [-0.1, -0.05) is 11.8 Å². The minimum atomic E-state index is -1.12.